The topological polar surface area (TPSA) is 19.6 Å². The molecule has 13 rings (SSSR count). The van der Waals surface area contributed by atoms with Crippen LogP contribution in [0.2, 0.25) is 5.02 Å². The van der Waals surface area contributed by atoms with E-state index in [1.54, 1.807) is 0 Å². The molecule has 70 heavy (non-hydrogen) atoms. The van der Waals surface area contributed by atoms with Gasteiger partial charge in [-0.1, -0.05) is 158 Å². The second-order valence-corrected chi connectivity index (χ2v) is 24.0. The average molecular weight is 931 g/mol. The van der Waals surface area contributed by atoms with Crippen molar-refractivity contribution in [3.8, 4) is 22.3 Å². The minimum Gasteiger partial charge on any atom is -0.456 e. The van der Waals surface area contributed by atoms with E-state index in [-0.39, 0.29) is 28.4 Å². The molecule has 0 saturated carbocycles. The number of benzene rings is 8. The van der Waals surface area contributed by atoms with Gasteiger partial charge in [0.15, 0.2) is 0 Å². The third-order valence-electron chi connectivity index (χ3n) is 17.4. The molecule has 8 aromatic carbocycles. The van der Waals surface area contributed by atoms with Crippen LogP contribution >= 0.6 is 11.6 Å². The second kappa shape index (κ2) is 15.0. The molecule has 5 heteroatoms. The standard InChI is InChI=1S/C65H60BClN2O/c1-39-32-41(40-16-11-10-12-17-40)22-26-53(39)69-54-27-23-42(45-19-15-21-59-60(45)46-18-13-14-20-58(46)70-59)33-51(54)66-52-37-49-50(65(8,9)31-30-64(49,6)7)38-55(52)68(56-34-43(67)35-57(69)61(56)66)44-24-25-47-48(36-44)63(4,5)29-28-62(47,2)3/h10-27,32-38H,28-31H2,1-9H3. The fourth-order valence-electron chi connectivity index (χ4n) is 13.2. The van der Waals surface area contributed by atoms with E-state index in [1.165, 1.54) is 89.9 Å². The molecule has 0 atom stereocenters. The summed E-state index contributed by atoms with van der Waals surface area (Å²) in [7, 11) is 0. The molecule has 346 valence electrons. The maximum atomic E-state index is 7.57. The van der Waals surface area contributed by atoms with Crippen molar-refractivity contribution in [2.24, 2.45) is 0 Å². The Morgan fingerprint density at radius 2 is 1.06 bits per heavy atom. The molecule has 0 bridgehead atoms. The van der Waals surface area contributed by atoms with Crippen molar-refractivity contribution < 1.29 is 4.42 Å². The molecule has 1 aromatic heterocycles. The maximum Gasteiger partial charge on any atom is 0.252 e. The fourth-order valence-corrected chi connectivity index (χ4v) is 13.4. The average Bonchev–Trinajstić information content (AvgIpc) is 3.73. The van der Waals surface area contributed by atoms with Gasteiger partial charge in [-0.3, -0.25) is 0 Å². The van der Waals surface area contributed by atoms with E-state index >= 15 is 0 Å². The normalized spacial score (nSPS) is 17.7. The summed E-state index contributed by atoms with van der Waals surface area (Å²) in [5, 5.41) is 3.01. The molecule has 2 aliphatic heterocycles. The molecular weight excluding hydrogens is 871 g/mol. The third-order valence-corrected chi connectivity index (χ3v) is 17.6. The number of fused-ring (bicyclic) bond motifs is 9. The van der Waals surface area contributed by atoms with Gasteiger partial charge in [0.2, 0.25) is 0 Å². The lowest BCUT2D eigenvalue weighted by atomic mass is 9.33. The Hall–Kier alpha value is -6.49. The fraction of sp³-hybridized carbons (Fsp3) is 0.262. The first-order valence-electron chi connectivity index (χ1n) is 25.5. The van der Waals surface area contributed by atoms with Crippen LogP contribution in [0.25, 0.3) is 44.2 Å². The van der Waals surface area contributed by atoms with Crippen molar-refractivity contribution in [1.29, 1.82) is 0 Å². The third kappa shape index (κ3) is 6.41. The molecule has 3 heterocycles. The van der Waals surface area contributed by atoms with Gasteiger partial charge in [-0.15, -0.1) is 0 Å². The molecule has 0 amide bonds. The summed E-state index contributed by atoms with van der Waals surface area (Å²) in [5.74, 6) is 0. The number of rotatable bonds is 4. The Kier molecular flexibility index (Phi) is 9.34. The summed E-state index contributed by atoms with van der Waals surface area (Å²) >= 11 is 7.57. The minimum atomic E-state index is -0.0805. The van der Waals surface area contributed by atoms with Gasteiger partial charge >= 0.3 is 0 Å². The highest BCUT2D eigenvalue weighted by atomic mass is 35.5. The molecule has 0 N–H and O–H groups in total. The zero-order chi connectivity index (χ0) is 48.2. The van der Waals surface area contributed by atoms with Gasteiger partial charge in [-0.2, -0.15) is 0 Å². The molecule has 0 saturated heterocycles. The summed E-state index contributed by atoms with van der Waals surface area (Å²) < 4.78 is 6.50. The van der Waals surface area contributed by atoms with Gasteiger partial charge in [0.25, 0.3) is 6.71 Å². The Bertz CT molecular complexity index is 3670. The number of para-hydroxylation sites is 1. The summed E-state index contributed by atoms with van der Waals surface area (Å²) in [5.41, 5.74) is 24.7. The minimum absolute atomic E-state index is 0.0101. The van der Waals surface area contributed by atoms with E-state index in [4.69, 9.17) is 16.0 Å². The van der Waals surface area contributed by atoms with Gasteiger partial charge in [0.1, 0.15) is 11.2 Å². The van der Waals surface area contributed by atoms with Gasteiger partial charge in [0.05, 0.1) is 0 Å². The second-order valence-electron chi connectivity index (χ2n) is 23.6. The van der Waals surface area contributed by atoms with Crippen LogP contribution in [0.3, 0.4) is 0 Å². The molecule has 0 spiro atoms. The van der Waals surface area contributed by atoms with Crippen LogP contribution in [0.5, 0.6) is 0 Å². The molecule has 0 unspecified atom stereocenters. The Morgan fingerprint density at radius 3 is 1.79 bits per heavy atom. The number of anilines is 6. The summed E-state index contributed by atoms with van der Waals surface area (Å²) in [6, 6.07) is 57.0. The first-order valence-corrected chi connectivity index (χ1v) is 25.9. The van der Waals surface area contributed by atoms with Crippen LogP contribution in [-0.2, 0) is 21.7 Å². The SMILES string of the molecule is Cc1cc(-c2ccccc2)ccc1N1c2ccc(-c3cccc4oc5ccccc5c34)cc2B2c3cc4c(cc3N(c3ccc5c(c3)C(C)(C)CCC5(C)C)c3cc(Cl)cc1c32)C(C)(C)CCC4(C)C. The highest BCUT2D eigenvalue weighted by Crippen LogP contribution is 2.53. The number of halogens is 1. The van der Waals surface area contributed by atoms with Crippen molar-refractivity contribution in [2.45, 2.75) is 110 Å². The number of nitrogens with zero attached hydrogens (tertiary/aromatic N) is 2. The Labute approximate surface area is 419 Å². The zero-order valence-electron chi connectivity index (χ0n) is 42.0. The van der Waals surface area contributed by atoms with Gasteiger partial charge in [-0.05, 0) is 181 Å². The van der Waals surface area contributed by atoms with E-state index in [0.717, 1.165) is 63.3 Å². The lowest BCUT2D eigenvalue weighted by Gasteiger charge is -2.48. The summed E-state index contributed by atoms with van der Waals surface area (Å²) in [6.45, 7) is 21.8. The molecule has 3 nitrogen and oxygen atoms in total. The molecule has 0 radical (unpaired) electrons. The highest BCUT2D eigenvalue weighted by molar-refractivity contribution is 7.00. The molecule has 2 aliphatic carbocycles. The number of aryl methyl sites for hydroxylation is 1. The van der Waals surface area contributed by atoms with Crippen LogP contribution < -0.4 is 26.2 Å². The first-order chi connectivity index (χ1) is 33.5. The van der Waals surface area contributed by atoms with E-state index in [1.807, 2.05) is 0 Å². The van der Waals surface area contributed by atoms with Crippen molar-refractivity contribution >= 4 is 90.8 Å². The van der Waals surface area contributed by atoms with Crippen LogP contribution in [0.1, 0.15) is 109 Å². The van der Waals surface area contributed by atoms with Crippen LogP contribution in [0.15, 0.2) is 156 Å². The number of hydrogen-bond donors (Lipinski definition) is 0. The summed E-state index contributed by atoms with van der Waals surface area (Å²) in [4.78, 5) is 5.12. The monoisotopic (exact) mass is 930 g/mol. The predicted octanol–water partition coefficient (Wildman–Crippen LogP) is 16.7. The van der Waals surface area contributed by atoms with Gasteiger partial charge in [-0.25, -0.2) is 0 Å². The van der Waals surface area contributed by atoms with E-state index in [2.05, 4.69) is 224 Å². The van der Waals surface area contributed by atoms with Crippen molar-refractivity contribution in [1.82, 2.24) is 0 Å². The number of furan rings is 1. The largest absolute Gasteiger partial charge is 0.456 e. The van der Waals surface area contributed by atoms with Crippen LogP contribution in [0.4, 0.5) is 34.1 Å². The van der Waals surface area contributed by atoms with Crippen LogP contribution in [-0.4, -0.2) is 6.71 Å². The molecular formula is C65H60BClN2O. The van der Waals surface area contributed by atoms with Crippen molar-refractivity contribution in [3.05, 3.63) is 184 Å². The van der Waals surface area contributed by atoms with Gasteiger partial charge < -0.3 is 14.2 Å². The lowest BCUT2D eigenvalue weighted by Crippen LogP contribution is -2.62. The van der Waals surface area contributed by atoms with Crippen LogP contribution in [0, 0.1) is 6.92 Å². The molecule has 0 fully saturated rings. The van der Waals surface area contributed by atoms with Crippen molar-refractivity contribution in [2.75, 3.05) is 9.80 Å². The zero-order valence-corrected chi connectivity index (χ0v) is 42.8. The Balaban J connectivity index is 1.13. The molecule has 4 aliphatic rings. The van der Waals surface area contributed by atoms with Gasteiger partial charge in [0, 0.05) is 49.9 Å². The quantitative estimate of drug-likeness (QED) is 0.164. The lowest BCUT2D eigenvalue weighted by molar-refractivity contribution is 0.332. The molecule has 9 aromatic rings. The predicted molar refractivity (Wildman–Crippen MR) is 299 cm³/mol. The Morgan fingerprint density at radius 1 is 0.457 bits per heavy atom. The highest BCUT2D eigenvalue weighted by Gasteiger charge is 2.47. The maximum absolute atomic E-state index is 7.57. The first kappa shape index (κ1) is 43.5. The van der Waals surface area contributed by atoms with Crippen molar-refractivity contribution in [3.63, 3.8) is 0 Å². The summed E-state index contributed by atoms with van der Waals surface area (Å²) in [6.07, 6.45) is 4.61. The van der Waals surface area contributed by atoms with E-state index in [9.17, 15) is 0 Å². The smallest absolute Gasteiger partial charge is 0.252 e. The van der Waals surface area contributed by atoms with E-state index < -0.39 is 0 Å². The van der Waals surface area contributed by atoms with E-state index in [0.29, 0.717) is 0 Å². The number of hydrogen-bond acceptors (Lipinski definition) is 3.